The lowest BCUT2D eigenvalue weighted by molar-refractivity contribution is -0.143. The highest BCUT2D eigenvalue weighted by Gasteiger charge is 2.42. The molecule has 2 heterocycles. The highest BCUT2D eigenvalue weighted by Crippen LogP contribution is 2.46. The van der Waals surface area contributed by atoms with Crippen LogP contribution in [0.1, 0.15) is 85.7 Å². The summed E-state index contributed by atoms with van der Waals surface area (Å²) in [5.74, 6) is -1.25. The second kappa shape index (κ2) is 17.2. The summed E-state index contributed by atoms with van der Waals surface area (Å²) in [5.41, 5.74) is -5.11. The van der Waals surface area contributed by atoms with Crippen LogP contribution in [0.25, 0.3) is 0 Å². The number of nitriles is 1. The van der Waals surface area contributed by atoms with E-state index in [0.29, 0.717) is 18.6 Å². The Morgan fingerprint density at radius 1 is 0.907 bits per heavy atom. The molecule has 54 heavy (non-hydrogen) atoms. The minimum atomic E-state index is -5.19. The Balaban J connectivity index is 1.85. The van der Waals surface area contributed by atoms with Crippen molar-refractivity contribution in [2.24, 2.45) is 0 Å². The Morgan fingerprint density at radius 3 is 2.09 bits per heavy atom. The number of carbonyl (C=O) groups excluding carboxylic acids is 1. The topological polar surface area (TPSA) is 129 Å². The molecule has 3 aromatic rings. The third-order valence-corrected chi connectivity index (χ3v) is 8.46. The molecule has 2 aromatic carbocycles. The molecular formula is C35H34F9N5O5. The maximum atomic E-state index is 14.1. The fraction of sp³-hybridized carbons (Fsp3) is 0.457. The summed E-state index contributed by atoms with van der Waals surface area (Å²) >= 11 is 0. The van der Waals surface area contributed by atoms with Crippen LogP contribution in [-0.4, -0.2) is 46.4 Å². The van der Waals surface area contributed by atoms with Crippen LogP contribution in [0.5, 0.6) is 5.75 Å². The summed E-state index contributed by atoms with van der Waals surface area (Å²) in [7, 11) is 0. The monoisotopic (exact) mass is 775 g/mol. The molecule has 0 saturated carbocycles. The van der Waals surface area contributed by atoms with E-state index in [1.54, 1.807) is 6.92 Å². The Morgan fingerprint density at radius 2 is 1.54 bits per heavy atom. The number of unbranched alkanes of at least 4 members (excludes halogenated alkanes) is 2. The minimum Gasteiger partial charge on any atom is -0.490 e. The van der Waals surface area contributed by atoms with Crippen LogP contribution < -0.4 is 14.5 Å². The largest absolute Gasteiger partial charge is 0.490 e. The maximum Gasteiger partial charge on any atom is 0.416 e. The zero-order valence-corrected chi connectivity index (χ0v) is 28.6. The van der Waals surface area contributed by atoms with E-state index in [1.165, 1.54) is 4.90 Å². The lowest BCUT2D eigenvalue weighted by atomic mass is 9.87. The lowest BCUT2D eigenvalue weighted by Gasteiger charge is -2.44. The molecule has 1 amide bonds. The summed E-state index contributed by atoms with van der Waals surface area (Å²) in [4.78, 5) is 35.0. The van der Waals surface area contributed by atoms with Crippen LogP contribution >= 0.6 is 0 Å². The number of alkyl halides is 9. The zero-order chi connectivity index (χ0) is 39.8. The van der Waals surface area contributed by atoms with E-state index >= 15 is 0 Å². The third kappa shape index (κ3) is 10.7. The Hall–Kier alpha value is -5.28. The number of aromatic nitrogens is 2. The van der Waals surface area contributed by atoms with Crippen molar-refractivity contribution in [3.05, 3.63) is 76.6 Å². The quantitative estimate of drug-likeness (QED) is 0.126. The molecular weight excluding hydrogens is 741 g/mol. The molecule has 1 aliphatic rings. The highest BCUT2D eigenvalue weighted by molar-refractivity contribution is 5.90. The van der Waals surface area contributed by atoms with Crippen LogP contribution in [0.3, 0.4) is 0 Å². The van der Waals surface area contributed by atoms with Crippen LogP contribution in [0.2, 0.25) is 0 Å². The summed E-state index contributed by atoms with van der Waals surface area (Å²) in [6, 6.07) is 3.31. The molecule has 10 nitrogen and oxygen atoms in total. The van der Waals surface area contributed by atoms with Crippen molar-refractivity contribution in [2.45, 2.75) is 89.0 Å². The predicted molar refractivity (Wildman–Crippen MR) is 173 cm³/mol. The van der Waals surface area contributed by atoms with E-state index in [4.69, 9.17) is 19.8 Å². The van der Waals surface area contributed by atoms with Crippen molar-refractivity contribution in [2.75, 3.05) is 23.0 Å². The van der Waals surface area contributed by atoms with Crippen molar-refractivity contribution in [1.82, 2.24) is 9.97 Å². The van der Waals surface area contributed by atoms with E-state index in [9.17, 15) is 49.1 Å². The Labute approximate surface area is 303 Å². The SMILES string of the molecule is CC[C@@H]1C[C@H](N(Cc2cc(C(F)(F)F)cc(C(F)(F)F)c2)c2ncc(OCCCC#N)cn2)c2cc(C(F)(F)F)ccc2N1C(=O)OCCCCC(=O)O. The molecule has 0 saturated heterocycles. The van der Waals surface area contributed by atoms with Gasteiger partial charge in [0.15, 0.2) is 5.75 Å². The number of hydrogen-bond donors (Lipinski definition) is 1. The molecule has 0 fully saturated rings. The smallest absolute Gasteiger partial charge is 0.416 e. The van der Waals surface area contributed by atoms with Crippen LogP contribution in [0.4, 0.5) is 55.9 Å². The molecule has 292 valence electrons. The first-order chi connectivity index (χ1) is 25.3. The summed E-state index contributed by atoms with van der Waals surface area (Å²) < 4.78 is 136. The fourth-order valence-corrected chi connectivity index (χ4v) is 5.90. The Kier molecular flexibility index (Phi) is 13.2. The number of amides is 1. The molecule has 2 atom stereocenters. The molecule has 1 aliphatic heterocycles. The molecule has 0 aliphatic carbocycles. The van der Waals surface area contributed by atoms with Crippen molar-refractivity contribution in [1.29, 1.82) is 5.26 Å². The van der Waals surface area contributed by atoms with Gasteiger partial charge >= 0.3 is 30.6 Å². The summed E-state index contributed by atoms with van der Waals surface area (Å²) in [6.07, 6.45) is -13.2. The summed E-state index contributed by atoms with van der Waals surface area (Å²) in [6.45, 7) is 0.788. The minimum absolute atomic E-state index is 0.0490. The van der Waals surface area contributed by atoms with E-state index in [2.05, 4.69) is 9.97 Å². The zero-order valence-electron chi connectivity index (χ0n) is 28.6. The Bertz CT molecular complexity index is 1780. The van der Waals surface area contributed by atoms with Gasteiger partial charge in [-0.1, -0.05) is 6.92 Å². The molecule has 4 rings (SSSR count). The van der Waals surface area contributed by atoms with Crippen molar-refractivity contribution >= 4 is 23.7 Å². The van der Waals surface area contributed by atoms with Gasteiger partial charge in [0, 0.05) is 25.4 Å². The number of rotatable bonds is 14. The number of halogens is 9. The second-order valence-electron chi connectivity index (χ2n) is 12.3. The van der Waals surface area contributed by atoms with E-state index < -0.39 is 71.5 Å². The van der Waals surface area contributed by atoms with Crippen LogP contribution in [-0.2, 0) is 34.6 Å². The van der Waals surface area contributed by atoms with Gasteiger partial charge in [0.05, 0.1) is 60.1 Å². The first kappa shape index (κ1) is 41.5. The van der Waals surface area contributed by atoms with Gasteiger partial charge in [-0.05, 0) is 79.6 Å². The van der Waals surface area contributed by atoms with Gasteiger partial charge in [-0.3, -0.25) is 9.69 Å². The van der Waals surface area contributed by atoms with Gasteiger partial charge < -0.3 is 19.5 Å². The second-order valence-corrected chi connectivity index (χ2v) is 12.3. The number of carboxylic acid groups (broad SMARTS) is 1. The number of anilines is 2. The number of benzene rings is 2. The standard InChI is InChI=1S/C35H34F9N5O5/c1-2-25-17-29(27-16-22(33(36,37)38)8-9-28(27)49(25)32(52)54-12-5-3-7-30(50)51)48(31-46-18-26(19-47-31)53-11-6-4-10-45)20-21-13-23(34(39,40)41)15-24(14-21)35(42,43)44/h8-9,13-16,18-19,25,29H,2-7,11-12,17,20H2,1H3,(H,50,51)/t25-,29+/m1/s1. The van der Waals surface area contributed by atoms with E-state index in [-0.39, 0.29) is 80.8 Å². The molecule has 1 N–H and O–H groups in total. The maximum absolute atomic E-state index is 14.1. The van der Waals surface area contributed by atoms with Crippen LogP contribution in [0.15, 0.2) is 48.8 Å². The van der Waals surface area contributed by atoms with Crippen molar-refractivity contribution < 1.29 is 63.7 Å². The van der Waals surface area contributed by atoms with Crippen molar-refractivity contribution in [3.63, 3.8) is 0 Å². The number of hydrogen-bond acceptors (Lipinski definition) is 8. The molecule has 0 radical (unpaired) electrons. The number of fused-ring (bicyclic) bond motifs is 1. The first-order valence-electron chi connectivity index (χ1n) is 16.6. The molecule has 0 unspecified atom stereocenters. The third-order valence-electron chi connectivity index (χ3n) is 8.46. The summed E-state index contributed by atoms with van der Waals surface area (Å²) in [5, 5.41) is 17.6. The predicted octanol–water partition coefficient (Wildman–Crippen LogP) is 9.34. The van der Waals surface area contributed by atoms with E-state index in [0.717, 1.165) is 35.5 Å². The lowest BCUT2D eigenvalue weighted by Crippen LogP contribution is -2.48. The molecule has 0 bridgehead atoms. The normalized spacial score (nSPS) is 16.0. The van der Waals surface area contributed by atoms with Gasteiger partial charge in [-0.2, -0.15) is 44.8 Å². The number of aliphatic carboxylic acids is 1. The number of ether oxygens (including phenoxy) is 2. The van der Waals surface area contributed by atoms with Gasteiger partial charge in [0.2, 0.25) is 5.95 Å². The first-order valence-corrected chi connectivity index (χ1v) is 16.6. The number of carbonyl (C=O) groups is 2. The van der Waals surface area contributed by atoms with Gasteiger partial charge in [0.25, 0.3) is 0 Å². The van der Waals surface area contributed by atoms with Gasteiger partial charge in [-0.15, -0.1) is 0 Å². The molecule has 0 spiro atoms. The molecule has 1 aromatic heterocycles. The fourth-order valence-electron chi connectivity index (χ4n) is 5.90. The average Bonchev–Trinajstić information content (AvgIpc) is 3.10. The number of carboxylic acids is 1. The number of nitrogens with zero attached hydrogens (tertiary/aromatic N) is 5. The van der Waals surface area contributed by atoms with Gasteiger partial charge in [0.1, 0.15) is 0 Å². The van der Waals surface area contributed by atoms with E-state index in [1.807, 2.05) is 6.07 Å². The van der Waals surface area contributed by atoms with Crippen LogP contribution in [0, 0.1) is 11.3 Å². The van der Waals surface area contributed by atoms with Gasteiger partial charge in [-0.25, -0.2) is 14.8 Å². The molecule has 19 heteroatoms. The highest BCUT2D eigenvalue weighted by atomic mass is 19.4. The van der Waals surface area contributed by atoms with Crippen molar-refractivity contribution in [3.8, 4) is 11.8 Å². The average molecular weight is 776 g/mol.